The van der Waals surface area contributed by atoms with Crippen molar-refractivity contribution in [1.82, 2.24) is 0 Å². The van der Waals surface area contributed by atoms with E-state index in [1.54, 1.807) is 0 Å². The summed E-state index contributed by atoms with van der Waals surface area (Å²) in [5.41, 5.74) is 0. The number of unbranched alkanes of at least 4 members (excludes halogenated alkanes) is 40. The number of allylic oxidation sites excluding steroid dienone is 12. The topological polar surface area (TPSA) is 237 Å². The maximum atomic E-state index is 13.1. The summed E-state index contributed by atoms with van der Waals surface area (Å²) < 4.78 is 68.6. The first-order valence-electron chi connectivity index (χ1n) is 41.2. The number of aliphatic hydroxyl groups is 1. The highest BCUT2D eigenvalue weighted by molar-refractivity contribution is 7.47. The molecule has 17 nitrogen and oxygen atoms in total. The number of carbonyl (C=O) groups excluding carboxylic acids is 4. The Kier molecular flexibility index (Phi) is 73.1. The summed E-state index contributed by atoms with van der Waals surface area (Å²) in [4.78, 5) is 73.0. The fourth-order valence-corrected chi connectivity index (χ4v) is 12.9. The van der Waals surface area contributed by atoms with E-state index >= 15 is 0 Å². The molecule has 0 saturated carbocycles. The molecule has 0 radical (unpaired) electrons. The summed E-state index contributed by atoms with van der Waals surface area (Å²) in [7, 11) is -9.96. The van der Waals surface area contributed by atoms with Gasteiger partial charge >= 0.3 is 39.5 Å². The van der Waals surface area contributed by atoms with Gasteiger partial charge in [-0.15, -0.1) is 0 Å². The lowest BCUT2D eigenvalue weighted by molar-refractivity contribution is -0.161. The lowest BCUT2D eigenvalue weighted by Crippen LogP contribution is -2.30. The highest BCUT2D eigenvalue weighted by atomic mass is 31.2. The second-order valence-corrected chi connectivity index (χ2v) is 30.6. The minimum absolute atomic E-state index is 0.0886. The molecule has 0 spiro atoms. The normalized spacial score (nSPS) is 14.2. The molecule has 0 aromatic rings. The third-order valence-corrected chi connectivity index (χ3v) is 19.6. The van der Waals surface area contributed by atoms with Crippen LogP contribution in [0, 0.1) is 0 Å². The molecule has 0 fully saturated rings. The Labute approximate surface area is 622 Å². The number of hydrogen-bond acceptors (Lipinski definition) is 15. The zero-order chi connectivity index (χ0) is 74.6. The van der Waals surface area contributed by atoms with Gasteiger partial charge in [0.25, 0.3) is 0 Å². The van der Waals surface area contributed by atoms with Crippen LogP contribution < -0.4 is 0 Å². The van der Waals surface area contributed by atoms with Gasteiger partial charge in [0.05, 0.1) is 26.4 Å². The number of phosphoric ester groups is 2. The van der Waals surface area contributed by atoms with Gasteiger partial charge in [-0.25, -0.2) is 9.13 Å². The molecule has 3 N–H and O–H groups in total. The summed E-state index contributed by atoms with van der Waals surface area (Å²) in [5.74, 6) is -2.22. The smallest absolute Gasteiger partial charge is 0.462 e. The summed E-state index contributed by atoms with van der Waals surface area (Å²) in [6.07, 6.45) is 77.3. The predicted molar refractivity (Wildman–Crippen MR) is 418 cm³/mol. The van der Waals surface area contributed by atoms with Gasteiger partial charge < -0.3 is 33.8 Å². The molecule has 0 bridgehead atoms. The number of carbonyl (C=O) groups is 4. The monoisotopic (exact) mass is 1480 g/mol. The van der Waals surface area contributed by atoms with Crippen LogP contribution in [0.5, 0.6) is 0 Å². The number of phosphoric acid groups is 2. The highest BCUT2D eigenvalue weighted by Crippen LogP contribution is 2.45. The van der Waals surface area contributed by atoms with Crippen LogP contribution in [0.1, 0.15) is 374 Å². The summed E-state index contributed by atoms with van der Waals surface area (Å²) >= 11 is 0. The molecular weight excluding hydrogens is 1330 g/mol. The van der Waals surface area contributed by atoms with Gasteiger partial charge in [-0.05, 0) is 96.3 Å². The Hall–Kier alpha value is -3.50. The van der Waals surface area contributed by atoms with E-state index < -0.39 is 97.5 Å². The van der Waals surface area contributed by atoms with Crippen LogP contribution in [0.4, 0.5) is 0 Å². The van der Waals surface area contributed by atoms with Crippen LogP contribution >= 0.6 is 15.6 Å². The minimum Gasteiger partial charge on any atom is -0.462 e. The molecule has 0 aliphatic heterocycles. The highest BCUT2D eigenvalue weighted by Gasteiger charge is 2.30. The second kappa shape index (κ2) is 75.7. The number of rotatable bonds is 78. The Balaban J connectivity index is 5.37. The van der Waals surface area contributed by atoms with E-state index in [9.17, 15) is 43.2 Å². The van der Waals surface area contributed by atoms with E-state index in [-0.39, 0.29) is 25.7 Å². The third kappa shape index (κ3) is 74.8. The van der Waals surface area contributed by atoms with Crippen LogP contribution in [-0.4, -0.2) is 96.7 Å². The number of hydrogen-bond donors (Lipinski definition) is 3. The zero-order valence-electron chi connectivity index (χ0n) is 65.0. The summed E-state index contributed by atoms with van der Waals surface area (Å²) in [6.45, 7) is 4.82. The molecule has 2 unspecified atom stereocenters. The van der Waals surface area contributed by atoms with Crippen LogP contribution in [0.3, 0.4) is 0 Å². The van der Waals surface area contributed by atoms with E-state index in [4.69, 9.17) is 37.0 Å². The van der Waals surface area contributed by atoms with Crippen molar-refractivity contribution in [3.63, 3.8) is 0 Å². The van der Waals surface area contributed by atoms with E-state index in [0.29, 0.717) is 32.1 Å². The van der Waals surface area contributed by atoms with Crippen molar-refractivity contribution in [2.75, 3.05) is 39.6 Å². The van der Waals surface area contributed by atoms with E-state index in [2.05, 4.69) is 88.5 Å². The number of esters is 4. The molecule has 0 aliphatic carbocycles. The molecule has 0 aromatic heterocycles. The molecule has 0 heterocycles. The van der Waals surface area contributed by atoms with Crippen molar-refractivity contribution in [2.24, 2.45) is 0 Å². The van der Waals surface area contributed by atoms with E-state index in [1.165, 1.54) is 167 Å². The molecule has 19 heteroatoms. The van der Waals surface area contributed by atoms with Crippen molar-refractivity contribution < 1.29 is 80.2 Å². The molecule has 0 saturated heterocycles. The summed E-state index contributed by atoms with van der Waals surface area (Å²) in [6, 6.07) is 0. The first-order chi connectivity index (χ1) is 49.7. The van der Waals surface area contributed by atoms with Gasteiger partial charge in [0.1, 0.15) is 19.3 Å². The number of aliphatic hydroxyl groups excluding tert-OH is 1. The van der Waals surface area contributed by atoms with Crippen molar-refractivity contribution in [3.05, 3.63) is 72.9 Å². The molecule has 102 heavy (non-hydrogen) atoms. The number of ether oxygens (including phenoxy) is 4. The van der Waals surface area contributed by atoms with Crippen LogP contribution in [0.15, 0.2) is 72.9 Å². The maximum Gasteiger partial charge on any atom is 0.472 e. The maximum absolute atomic E-state index is 13.1. The minimum atomic E-state index is -4.98. The first kappa shape index (κ1) is 98.5. The standard InChI is InChI=1S/C83H150O17P2/c1-5-9-13-17-21-25-29-33-36-38-41-45-48-52-56-60-64-68-81(86)94-73-78(99-82(87)69-65-61-57-53-49-43-32-28-24-20-16-12-8-4)75-97-101(89,90)95-71-77(84)72-96-102(91,92)98-76-79(74-93-80(85)67-63-59-55-51-47-44-40-35-31-27-23-19-15-11-7-3)100-83(88)70-66-62-58-54-50-46-42-39-37-34-30-26-22-18-14-10-6-2/h21,23,25,27,33,35-36,40-41,45,52,56,77-79,84H,5-20,22,24,26,28-32,34,37-39,42-44,46-51,53-55,57-76H2,1-4H3,(H,89,90)(H,91,92)/b25-21-,27-23-,36-33-,40-35-,45-41-,56-52-/t77-,78-,79-/m1/s1. The van der Waals surface area contributed by atoms with Gasteiger partial charge in [0.2, 0.25) is 0 Å². The molecule has 0 rings (SSSR count). The molecule has 0 amide bonds. The van der Waals surface area contributed by atoms with Gasteiger partial charge in [0, 0.05) is 25.7 Å². The lowest BCUT2D eigenvalue weighted by atomic mass is 10.0. The third-order valence-electron chi connectivity index (χ3n) is 17.7. The Bertz CT molecular complexity index is 2210. The average molecular weight is 1480 g/mol. The van der Waals surface area contributed by atoms with Crippen molar-refractivity contribution in [2.45, 2.75) is 393 Å². The largest absolute Gasteiger partial charge is 0.472 e. The first-order valence-corrected chi connectivity index (χ1v) is 44.2. The second-order valence-electron chi connectivity index (χ2n) is 27.7. The predicted octanol–water partition coefficient (Wildman–Crippen LogP) is 24.0. The average Bonchev–Trinajstić information content (AvgIpc) is 0.909. The molecular formula is C83H150O17P2. The van der Waals surface area contributed by atoms with E-state index in [0.717, 1.165) is 122 Å². The van der Waals surface area contributed by atoms with Crippen LogP contribution in [-0.2, 0) is 65.4 Å². The molecule has 5 atom stereocenters. The van der Waals surface area contributed by atoms with Gasteiger partial charge in [0.15, 0.2) is 12.2 Å². The van der Waals surface area contributed by atoms with Crippen LogP contribution in [0.2, 0.25) is 0 Å². The Morgan fingerprint density at radius 1 is 0.275 bits per heavy atom. The van der Waals surface area contributed by atoms with Crippen LogP contribution in [0.25, 0.3) is 0 Å². The van der Waals surface area contributed by atoms with Crippen molar-refractivity contribution in [1.29, 1.82) is 0 Å². The fourth-order valence-electron chi connectivity index (χ4n) is 11.4. The fraction of sp³-hybridized carbons (Fsp3) is 0.807. The SMILES string of the molecule is CCCCC/C=C\C/C=C\C/C=C\C/C=C\CCCC(=O)OC[C@H](COP(=O)(O)OC[C@@H](O)COP(=O)(O)OC[C@@H](COC(=O)CCCCCCC/C=C\C/C=C\CCCCC)OC(=O)CCCCCCCCCCCCCCCCCCC)OC(=O)CCCCCCCCCCCCCCC. The quantitative estimate of drug-likeness (QED) is 0.0169. The Morgan fingerprint density at radius 2 is 0.490 bits per heavy atom. The van der Waals surface area contributed by atoms with Gasteiger partial charge in [-0.2, -0.15) is 0 Å². The van der Waals surface area contributed by atoms with E-state index in [1.807, 2.05) is 12.2 Å². The van der Waals surface area contributed by atoms with Crippen molar-refractivity contribution in [3.8, 4) is 0 Å². The lowest BCUT2D eigenvalue weighted by Gasteiger charge is -2.21. The van der Waals surface area contributed by atoms with Gasteiger partial charge in [-0.1, -0.05) is 325 Å². The summed E-state index contributed by atoms with van der Waals surface area (Å²) in [5, 5.41) is 10.6. The Morgan fingerprint density at radius 3 is 0.794 bits per heavy atom. The van der Waals surface area contributed by atoms with Gasteiger partial charge in [-0.3, -0.25) is 37.3 Å². The molecule has 0 aromatic carbocycles. The van der Waals surface area contributed by atoms with Crippen molar-refractivity contribution >= 4 is 39.5 Å². The molecule has 0 aliphatic rings. The zero-order valence-corrected chi connectivity index (χ0v) is 66.8. The molecule has 594 valence electrons.